The van der Waals surface area contributed by atoms with Gasteiger partial charge in [-0.3, -0.25) is 9.59 Å². The molecule has 0 spiro atoms. The minimum atomic E-state index is -0.520. The third kappa shape index (κ3) is 3.39. The number of rotatable bonds is 5. The van der Waals surface area contributed by atoms with Gasteiger partial charge in [0.2, 0.25) is 11.8 Å². The summed E-state index contributed by atoms with van der Waals surface area (Å²) in [6.45, 7) is 3.92. The number of ether oxygens (including phenoxy) is 1. The zero-order chi connectivity index (χ0) is 16.2. The number of carbonyl (C=O) groups excluding carboxylic acids is 2. The molecule has 3 rings (SSSR count). The van der Waals surface area contributed by atoms with Gasteiger partial charge in [-0.25, -0.2) is 0 Å². The van der Waals surface area contributed by atoms with Crippen molar-refractivity contribution < 1.29 is 14.3 Å². The molecule has 1 aromatic carbocycles. The van der Waals surface area contributed by atoms with Crippen molar-refractivity contribution in [2.24, 2.45) is 0 Å². The van der Waals surface area contributed by atoms with E-state index in [1.807, 2.05) is 31.2 Å². The van der Waals surface area contributed by atoms with Crippen molar-refractivity contribution in [3.63, 3.8) is 0 Å². The van der Waals surface area contributed by atoms with Crippen LogP contribution in [0.2, 0.25) is 0 Å². The molecule has 0 unspecified atom stereocenters. The fourth-order valence-electron chi connectivity index (χ4n) is 3.43. The third-order valence-corrected chi connectivity index (χ3v) is 4.56. The van der Waals surface area contributed by atoms with Crippen molar-refractivity contribution in [1.29, 1.82) is 0 Å². The lowest BCUT2D eigenvalue weighted by Crippen LogP contribution is -2.48. The monoisotopic (exact) mass is 316 g/mol. The first kappa shape index (κ1) is 16.0. The van der Waals surface area contributed by atoms with Crippen LogP contribution in [0.5, 0.6) is 0 Å². The number of nitrogens with one attached hydrogen (secondary N) is 1. The molecule has 2 aliphatic rings. The summed E-state index contributed by atoms with van der Waals surface area (Å²) in [4.78, 5) is 26.9. The van der Waals surface area contributed by atoms with Crippen molar-refractivity contribution in [3.05, 3.63) is 35.4 Å². The summed E-state index contributed by atoms with van der Waals surface area (Å²) in [5, 5.41) is 2.99. The highest BCUT2D eigenvalue weighted by Gasteiger charge is 2.36. The van der Waals surface area contributed by atoms with E-state index in [0.717, 1.165) is 37.0 Å². The van der Waals surface area contributed by atoms with Crippen molar-refractivity contribution in [3.8, 4) is 0 Å². The molecule has 0 aromatic heterocycles. The molecule has 23 heavy (non-hydrogen) atoms. The van der Waals surface area contributed by atoms with Gasteiger partial charge in [0.05, 0.1) is 12.5 Å². The van der Waals surface area contributed by atoms with E-state index in [4.69, 9.17) is 4.74 Å². The fraction of sp³-hybridized carbons (Fsp3) is 0.556. The Morgan fingerprint density at radius 2 is 2.22 bits per heavy atom. The van der Waals surface area contributed by atoms with Gasteiger partial charge in [0.1, 0.15) is 6.04 Å². The van der Waals surface area contributed by atoms with Crippen LogP contribution in [0.25, 0.3) is 0 Å². The van der Waals surface area contributed by atoms with E-state index < -0.39 is 6.04 Å². The molecule has 2 heterocycles. The number of hydrogen-bond donors (Lipinski definition) is 1. The van der Waals surface area contributed by atoms with E-state index in [1.165, 1.54) is 0 Å². The average molecular weight is 316 g/mol. The molecular weight excluding hydrogens is 292 g/mol. The van der Waals surface area contributed by atoms with E-state index in [-0.39, 0.29) is 17.9 Å². The second-order valence-electron chi connectivity index (χ2n) is 6.25. The zero-order valence-electron chi connectivity index (χ0n) is 13.6. The van der Waals surface area contributed by atoms with Crippen molar-refractivity contribution >= 4 is 11.8 Å². The molecule has 1 fully saturated rings. The number of benzene rings is 1. The predicted octanol–water partition coefficient (Wildman–Crippen LogP) is 1.82. The van der Waals surface area contributed by atoms with Crippen LogP contribution in [0.3, 0.4) is 0 Å². The van der Waals surface area contributed by atoms with Gasteiger partial charge in [0.15, 0.2) is 0 Å². The topological polar surface area (TPSA) is 58.6 Å². The van der Waals surface area contributed by atoms with Crippen LogP contribution in [-0.4, -0.2) is 42.5 Å². The fourth-order valence-corrected chi connectivity index (χ4v) is 3.43. The predicted molar refractivity (Wildman–Crippen MR) is 86.9 cm³/mol. The normalized spacial score (nSPS) is 23.7. The lowest BCUT2D eigenvalue weighted by Gasteiger charge is -2.36. The summed E-state index contributed by atoms with van der Waals surface area (Å²) < 4.78 is 5.56. The summed E-state index contributed by atoms with van der Waals surface area (Å²) in [6.07, 6.45) is 3.36. The summed E-state index contributed by atoms with van der Waals surface area (Å²) in [5.74, 6) is -0.0720. The van der Waals surface area contributed by atoms with Crippen LogP contribution in [0.1, 0.15) is 43.4 Å². The van der Waals surface area contributed by atoms with E-state index in [0.29, 0.717) is 19.5 Å². The summed E-state index contributed by atoms with van der Waals surface area (Å²) >= 11 is 0. The van der Waals surface area contributed by atoms with Crippen LogP contribution in [0.4, 0.5) is 0 Å². The van der Waals surface area contributed by atoms with Gasteiger partial charge in [-0.05, 0) is 30.4 Å². The minimum Gasteiger partial charge on any atom is -0.376 e. The second kappa shape index (κ2) is 7.13. The maximum Gasteiger partial charge on any atom is 0.247 e. The highest BCUT2D eigenvalue weighted by molar-refractivity contribution is 5.92. The van der Waals surface area contributed by atoms with E-state index in [2.05, 4.69) is 5.32 Å². The first-order valence-corrected chi connectivity index (χ1v) is 8.47. The molecule has 1 aromatic rings. The van der Waals surface area contributed by atoms with Crippen LogP contribution in [-0.2, 0) is 20.7 Å². The molecule has 2 amide bonds. The molecule has 2 atom stereocenters. The van der Waals surface area contributed by atoms with Gasteiger partial charge in [0.25, 0.3) is 0 Å². The molecule has 0 saturated carbocycles. The van der Waals surface area contributed by atoms with E-state index >= 15 is 0 Å². The third-order valence-electron chi connectivity index (χ3n) is 4.56. The lowest BCUT2D eigenvalue weighted by atomic mass is 9.91. The molecule has 1 N–H and O–H groups in total. The molecule has 5 heteroatoms. The molecule has 0 aliphatic carbocycles. The molecular formula is C18H24N2O3. The lowest BCUT2D eigenvalue weighted by molar-refractivity contribution is -0.141. The maximum atomic E-state index is 12.8. The number of fused-ring (bicyclic) bond motifs is 1. The Kier molecular flexibility index (Phi) is 4.96. The smallest absolute Gasteiger partial charge is 0.247 e. The van der Waals surface area contributed by atoms with Gasteiger partial charge >= 0.3 is 0 Å². The van der Waals surface area contributed by atoms with Crippen LogP contribution in [0, 0.1) is 0 Å². The Morgan fingerprint density at radius 3 is 2.96 bits per heavy atom. The Hall–Kier alpha value is -1.88. The summed E-state index contributed by atoms with van der Waals surface area (Å²) in [5.41, 5.74) is 1.91. The van der Waals surface area contributed by atoms with Crippen molar-refractivity contribution in [2.75, 3.05) is 19.7 Å². The van der Waals surface area contributed by atoms with Gasteiger partial charge in [-0.2, -0.15) is 0 Å². The van der Waals surface area contributed by atoms with Crippen LogP contribution < -0.4 is 5.32 Å². The molecule has 124 valence electrons. The number of amides is 2. The molecule has 1 saturated heterocycles. The maximum absolute atomic E-state index is 12.8. The summed E-state index contributed by atoms with van der Waals surface area (Å²) in [6, 6.07) is 7.23. The van der Waals surface area contributed by atoms with Crippen LogP contribution >= 0.6 is 0 Å². The van der Waals surface area contributed by atoms with Gasteiger partial charge in [-0.1, -0.05) is 31.2 Å². The standard InChI is InChI=1S/C18H24N2O3/c1-2-9-20-16(21)11-13-6-3-4-8-15(13)17(20)18(22)19-12-14-7-5-10-23-14/h3-4,6,8,14,17H,2,5,7,9-12H2,1H3,(H,19,22)/t14-,17+/m0/s1. The molecule has 0 radical (unpaired) electrons. The average Bonchev–Trinajstić information content (AvgIpc) is 3.07. The largest absolute Gasteiger partial charge is 0.376 e. The van der Waals surface area contributed by atoms with Crippen molar-refractivity contribution in [2.45, 2.75) is 44.8 Å². The molecule has 2 aliphatic heterocycles. The Balaban J connectivity index is 1.79. The van der Waals surface area contributed by atoms with Gasteiger partial charge in [0, 0.05) is 19.7 Å². The van der Waals surface area contributed by atoms with E-state index in [1.54, 1.807) is 4.90 Å². The Labute approximate surface area is 137 Å². The van der Waals surface area contributed by atoms with Crippen molar-refractivity contribution in [1.82, 2.24) is 10.2 Å². The van der Waals surface area contributed by atoms with Crippen LogP contribution in [0.15, 0.2) is 24.3 Å². The number of carbonyl (C=O) groups is 2. The highest BCUT2D eigenvalue weighted by Crippen LogP contribution is 2.30. The second-order valence-corrected chi connectivity index (χ2v) is 6.25. The summed E-state index contributed by atoms with van der Waals surface area (Å²) in [7, 11) is 0. The zero-order valence-corrected chi connectivity index (χ0v) is 13.6. The highest BCUT2D eigenvalue weighted by atomic mass is 16.5. The number of nitrogens with zero attached hydrogens (tertiary/aromatic N) is 1. The van der Waals surface area contributed by atoms with Gasteiger partial charge < -0.3 is 15.0 Å². The Bertz CT molecular complexity index is 581. The minimum absolute atomic E-state index is 0.0304. The van der Waals surface area contributed by atoms with E-state index in [9.17, 15) is 9.59 Å². The first-order chi connectivity index (χ1) is 11.2. The molecule has 5 nitrogen and oxygen atoms in total. The first-order valence-electron chi connectivity index (χ1n) is 8.47. The van der Waals surface area contributed by atoms with Gasteiger partial charge in [-0.15, -0.1) is 0 Å². The molecule has 0 bridgehead atoms. The number of hydrogen-bond acceptors (Lipinski definition) is 3. The SMILES string of the molecule is CCCN1C(=O)Cc2ccccc2[C@@H]1C(=O)NC[C@@H]1CCCO1. The quantitative estimate of drug-likeness (QED) is 0.901. The Morgan fingerprint density at radius 1 is 1.39 bits per heavy atom.